The van der Waals surface area contributed by atoms with Gasteiger partial charge in [0.15, 0.2) is 0 Å². The first-order chi connectivity index (χ1) is 5.86. The number of benzene rings is 1. The van der Waals surface area contributed by atoms with Crippen molar-refractivity contribution in [1.82, 2.24) is 5.32 Å². The number of rotatable bonds is 0. The number of nitrogens with one attached hydrogen (secondary N) is 1. The first kappa shape index (κ1) is 7.74. The van der Waals surface area contributed by atoms with Gasteiger partial charge in [0.1, 0.15) is 0 Å². The third-order valence-corrected chi connectivity index (χ3v) is 2.33. The fourth-order valence-corrected chi connectivity index (χ4v) is 1.62. The Hall–Kier alpha value is -0.890. The predicted molar refractivity (Wildman–Crippen MR) is 54.4 cm³/mol. The summed E-state index contributed by atoms with van der Waals surface area (Å²) in [7, 11) is 0. The standard InChI is InChI=1S/C10H11NS/c12-10-2-1-8-3-5-11-6-4-9(8)7-10/h1-2,4,6-7,11-12H,3,5H2. The van der Waals surface area contributed by atoms with Gasteiger partial charge in [0, 0.05) is 11.4 Å². The van der Waals surface area contributed by atoms with Crippen LogP contribution in [0.5, 0.6) is 0 Å². The quantitative estimate of drug-likeness (QED) is 0.578. The summed E-state index contributed by atoms with van der Waals surface area (Å²) in [5.41, 5.74) is 2.68. The average Bonchev–Trinajstić information content (AvgIpc) is 2.28. The lowest BCUT2D eigenvalue weighted by Crippen LogP contribution is -2.07. The Morgan fingerprint density at radius 1 is 1.33 bits per heavy atom. The van der Waals surface area contributed by atoms with Crippen LogP contribution in [0.1, 0.15) is 11.1 Å². The van der Waals surface area contributed by atoms with Gasteiger partial charge in [-0.2, -0.15) is 0 Å². The summed E-state index contributed by atoms with van der Waals surface area (Å²) in [6, 6.07) is 6.29. The minimum Gasteiger partial charge on any atom is -0.391 e. The molecule has 12 heavy (non-hydrogen) atoms. The van der Waals surface area contributed by atoms with Crippen LogP contribution in [0, 0.1) is 0 Å². The molecule has 1 heterocycles. The van der Waals surface area contributed by atoms with Gasteiger partial charge in [0.25, 0.3) is 0 Å². The highest BCUT2D eigenvalue weighted by atomic mass is 32.1. The van der Waals surface area contributed by atoms with E-state index in [2.05, 4.69) is 36.2 Å². The van der Waals surface area contributed by atoms with Crippen molar-refractivity contribution in [1.29, 1.82) is 0 Å². The summed E-state index contributed by atoms with van der Waals surface area (Å²) in [4.78, 5) is 1.03. The van der Waals surface area contributed by atoms with Crippen LogP contribution >= 0.6 is 12.6 Å². The zero-order chi connectivity index (χ0) is 8.39. The molecule has 0 amide bonds. The number of hydrogen-bond acceptors (Lipinski definition) is 2. The third-order valence-electron chi connectivity index (χ3n) is 2.05. The molecule has 62 valence electrons. The van der Waals surface area contributed by atoms with Gasteiger partial charge in [-0.05, 0) is 42.0 Å². The molecule has 0 fully saturated rings. The molecular formula is C10H11NS. The molecule has 1 aliphatic rings. The highest BCUT2D eigenvalue weighted by molar-refractivity contribution is 7.80. The summed E-state index contributed by atoms with van der Waals surface area (Å²) >= 11 is 4.30. The van der Waals surface area contributed by atoms with Crippen LogP contribution in [-0.4, -0.2) is 6.54 Å². The van der Waals surface area contributed by atoms with E-state index in [1.807, 2.05) is 12.3 Å². The molecule has 0 saturated heterocycles. The van der Waals surface area contributed by atoms with Crippen molar-refractivity contribution in [2.75, 3.05) is 6.54 Å². The van der Waals surface area contributed by atoms with Gasteiger partial charge in [0.2, 0.25) is 0 Å². The normalized spacial score (nSPS) is 14.8. The fourth-order valence-electron chi connectivity index (χ4n) is 1.40. The van der Waals surface area contributed by atoms with E-state index >= 15 is 0 Å². The first-order valence-corrected chi connectivity index (χ1v) is 4.53. The molecular weight excluding hydrogens is 166 g/mol. The van der Waals surface area contributed by atoms with Crippen molar-refractivity contribution >= 4 is 18.7 Å². The molecule has 0 atom stereocenters. The maximum Gasteiger partial charge on any atom is 0.0182 e. The predicted octanol–water partition coefficient (Wildman–Crippen LogP) is 2.09. The van der Waals surface area contributed by atoms with Crippen LogP contribution in [-0.2, 0) is 6.42 Å². The van der Waals surface area contributed by atoms with Gasteiger partial charge in [-0.1, -0.05) is 6.07 Å². The molecule has 1 aromatic carbocycles. The molecule has 0 radical (unpaired) electrons. The summed E-state index contributed by atoms with van der Waals surface area (Å²) in [6.07, 6.45) is 5.19. The van der Waals surface area contributed by atoms with Gasteiger partial charge in [0.05, 0.1) is 0 Å². The molecule has 1 aromatic rings. The average molecular weight is 177 g/mol. The Kier molecular flexibility index (Phi) is 2.09. The van der Waals surface area contributed by atoms with Gasteiger partial charge in [-0.25, -0.2) is 0 Å². The number of hydrogen-bond donors (Lipinski definition) is 2. The Morgan fingerprint density at radius 3 is 3.17 bits per heavy atom. The van der Waals surface area contributed by atoms with E-state index < -0.39 is 0 Å². The van der Waals surface area contributed by atoms with Gasteiger partial charge >= 0.3 is 0 Å². The van der Waals surface area contributed by atoms with Crippen LogP contribution < -0.4 is 5.32 Å². The van der Waals surface area contributed by atoms with Crippen LogP contribution in [0.25, 0.3) is 6.08 Å². The molecule has 0 spiro atoms. The molecule has 0 bridgehead atoms. The van der Waals surface area contributed by atoms with Crippen molar-refractivity contribution in [3.05, 3.63) is 35.5 Å². The molecule has 1 nitrogen and oxygen atoms in total. The van der Waals surface area contributed by atoms with E-state index in [-0.39, 0.29) is 0 Å². The highest BCUT2D eigenvalue weighted by Gasteiger charge is 2.02. The molecule has 0 aliphatic carbocycles. The van der Waals surface area contributed by atoms with Gasteiger partial charge < -0.3 is 5.32 Å². The maximum atomic E-state index is 4.30. The SMILES string of the molecule is Sc1ccc2c(c1)C=CNCC2. The second kappa shape index (κ2) is 3.23. The Balaban J connectivity index is 2.47. The van der Waals surface area contributed by atoms with Crippen molar-refractivity contribution in [2.45, 2.75) is 11.3 Å². The van der Waals surface area contributed by atoms with Crippen molar-refractivity contribution in [3.63, 3.8) is 0 Å². The van der Waals surface area contributed by atoms with E-state index in [0.717, 1.165) is 17.9 Å². The smallest absolute Gasteiger partial charge is 0.0182 e. The summed E-state index contributed by atoms with van der Waals surface area (Å²) in [5.74, 6) is 0. The minimum atomic E-state index is 1.02. The zero-order valence-electron chi connectivity index (χ0n) is 6.75. The molecule has 1 N–H and O–H groups in total. The molecule has 0 unspecified atom stereocenters. The molecule has 2 heteroatoms. The van der Waals surface area contributed by atoms with E-state index in [1.54, 1.807) is 0 Å². The maximum absolute atomic E-state index is 4.30. The second-order valence-electron chi connectivity index (χ2n) is 2.92. The van der Waals surface area contributed by atoms with Crippen LogP contribution in [0.2, 0.25) is 0 Å². The second-order valence-corrected chi connectivity index (χ2v) is 3.44. The summed E-state index contributed by atoms with van der Waals surface area (Å²) < 4.78 is 0. The Labute approximate surface area is 77.9 Å². The van der Waals surface area contributed by atoms with Gasteiger partial charge in [-0.15, -0.1) is 12.6 Å². The van der Waals surface area contributed by atoms with Gasteiger partial charge in [-0.3, -0.25) is 0 Å². The fraction of sp³-hybridized carbons (Fsp3) is 0.200. The van der Waals surface area contributed by atoms with E-state index in [4.69, 9.17) is 0 Å². The summed E-state index contributed by atoms with van der Waals surface area (Å²) in [6.45, 7) is 1.02. The van der Waals surface area contributed by atoms with Crippen LogP contribution in [0.15, 0.2) is 29.3 Å². The molecule has 2 rings (SSSR count). The van der Waals surface area contributed by atoms with Crippen molar-refractivity contribution in [2.24, 2.45) is 0 Å². The van der Waals surface area contributed by atoms with Crippen molar-refractivity contribution in [3.8, 4) is 0 Å². The minimum absolute atomic E-state index is 1.02. The summed E-state index contributed by atoms with van der Waals surface area (Å²) in [5, 5.41) is 3.21. The monoisotopic (exact) mass is 177 g/mol. The molecule has 0 saturated carbocycles. The van der Waals surface area contributed by atoms with Crippen LogP contribution in [0.3, 0.4) is 0 Å². The Morgan fingerprint density at radius 2 is 2.25 bits per heavy atom. The van der Waals surface area contributed by atoms with Crippen LogP contribution in [0.4, 0.5) is 0 Å². The zero-order valence-corrected chi connectivity index (χ0v) is 7.64. The Bertz CT molecular complexity index is 318. The third kappa shape index (κ3) is 1.48. The van der Waals surface area contributed by atoms with Crippen molar-refractivity contribution < 1.29 is 0 Å². The number of thiol groups is 1. The topological polar surface area (TPSA) is 12.0 Å². The largest absolute Gasteiger partial charge is 0.391 e. The molecule has 1 aliphatic heterocycles. The lowest BCUT2D eigenvalue weighted by Gasteiger charge is -2.02. The molecule has 0 aromatic heterocycles. The van der Waals surface area contributed by atoms with E-state index in [9.17, 15) is 0 Å². The highest BCUT2D eigenvalue weighted by Crippen LogP contribution is 2.17. The number of fused-ring (bicyclic) bond motifs is 1. The lowest BCUT2D eigenvalue weighted by atomic mass is 10.1. The van der Waals surface area contributed by atoms with E-state index in [1.165, 1.54) is 11.1 Å². The lowest BCUT2D eigenvalue weighted by molar-refractivity contribution is 0.842. The van der Waals surface area contributed by atoms with E-state index in [0.29, 0.717) is 0 Å². The first-order valence-electron chi connectivity index (χ1n) is 4.08.